The molecule has 0 radical (unpaired) electrons. The predicted molar refractivity (Wildman–Crippen MR) is 77.9 cm³/mol. The van der Waals surface area contributed by atoms with Gasteiger partial charge in [-0.25, -0.2) is 0 Å². The number of Topliss-reactive ketones (excluding diaryl/α,β-unsaturated/α-hetero) is 2. The van der Waals surface area contributed by atoms with Crippen LogP contribution in [0.2, 0.25) is 0 Å². The third-order valence-electron chi connectivity index (χ3n) is 2.74. The standard InChI is InChI=1S/C15H28O6/c1-7-9-10-20-15(12(5)16,21-11(3)4)13(17)14(18-6)19-8-2/h11,14H,7-10H2,1-6H3. The van der Waals surface area contributed by atoms with E-state index < -0.39 is 23.6 Å². The maximum atomic E-state index is 12.6. The van der Waals surface area contributed by atoms with Gasteiger partial charge < -0.3 is 18.9 Å². The first-order valence-electron chi connectivity index (χ1n) is 7.37. The lowest BCUT2D eigenvalue weighted by Gasteiger charge is -2.33. The van der Waals surface area contributed by atoms with E-state index in [0.29, 0.717) is 0 Å². The van der Waals surface area contributed by atoms with Crippen molar-refractivity contribution in [2.24, 2.45) is 0 Å². The van der Waals surface area contributed by atoms with Crippen LogP contribution < -0.4 is 0 Å². The summed E-state index contributed by atoms with van der Waals surface area (Å²) in [7, 11) is 1.34. The summed E-state index contributed by atoms with van der Waals surface area (Å²) in [6.45, 7) is 8.97. The number of methoxy groups -OCH3 is 1. The molecule has 0 saturated heterocycles. The van der Waals surface area contributed by atoms with Crippen molar-refractivity contribution in [2.75, 3.05) is 20.3 Å². The second kappa shape index (κ2) is 10.00. The maximum Gasteiger partial charge on any atom is 0.295 e. The van der Waals surface area contributed by atoms with Gasteiger partial charge in [-0.15, -0.1) is 0 Å². The molecule has 6 nitrogen and oxygen atoms in total. The van der Waals surface area contributed by atoms with Crippen molar-refractivity contribution in [2.45, 2.75) is 65.6 Å². The molecular weight excluding hydrogens is 276 g/mol. The number of unbranched alkanes of at least 4 members (excludes halogenated alkanes) is 1. The molecule has 6 heteroatoms. The Bertz CT molecular complexity index is 328. The minimum Gasteiger partial charge on any atom is -0.349 e. The fraction of sp³-hybridized carbons (Fsp3) is 0.867. The molecule has 2 atom stereocenters. The Balaban J connectivity index is 5.39. The van der Waals surface area contributed by atoms with Crippen LogP contribution in [0.1, 0.15) is 47.5 Å². The van der Waals surface area contributed by atoms with E-state index in [1.807, 2.05) is 6.92 Å². The molecule has 0 saturated carbocycles. The average Bonchev–Trinajstić information content (AvgIpc) is 2.42. The van der Waals surface area contributed by atoms with Crippen molar-refractivity contribution >= 4 is 11.6 Å². The molecule has 21 heavy (non-hydrogen) atoms. The van der Waals surface area contributed by atoms with Crippen LogP contribution in [-0.4, -0.2) is 50.1 Å². The Morgan fingerprint density at radius 1 is 1.19 bits per heavy atom. The van der Waals surface area contributed by atoms with E-state index in [4.69, 9.17) is 18.9 Å². The van der Waals surface area contributed by atoms with Gasteiger partial charge in [-0.3, -0.25) is 9.59 Å². The Morgan fingerprint density at radius 3 is 2.19 bits per heavy atom. The Morgan fingerprint density at radius 2 is 1.81 bits per heavy atom. The Hall–Kier alpha value is -0.820. The number of hydrogen-bond acceptors (Lipinski definition) is 6. The molecule has 0 fully saturated rings. The zero-order chi connectivity index (χ0) is 16.5. The van der Waals surface area contributed by atoms with Gasteiger partial charge in [-0.1, -0.05) is 13.3 Å². The fourth-order valence-electron chi connectivity index (χ4n) is 1.77. The highest BCUT2D eigenvalue weighted by Gasteiger charge is 2.50. The van der Waals surface area contributed by atoms with Crippen LogP contribution in [0.25, 0.3) is 0 Å². The third kappa shape index (κ3) is 5.82. The summed E-state index contributed by atoms with van der Waals surface area (Å²) in [5, 5.41) is 0. The summed E-state index contributed by atoms with van der Waals surface area (Å²) < 4.78 is 21.3. The summed E-state index contributed by atoms with van der Waals surface area (Å²) in [6, 6.07) is 0. The number of hydrogen-bond donors (Lipinski definition) is 0. The lowest BCUT2D eigenvalue weighted by Crippen LogP contribution is -2.56. The zero-order valence-corrected chi connectivity index (χ0v) is 13.9. The highest BCUT2D eigenvalue weighted by Crippen LogP contribution is 2.23. The van der Waals surface area contributed by atoms with Gasteiger partial charge in [0.1, 0.15) is 0 Å². The van der Waals surface area contributed by atoms with Crippen molar-refractivity contribution in [3.8, 4) is 0 Å². The number of carbonyl (C=O) groups excluding carboxylic acids is 2. The van der Waals surface area contributed by atoms with E-state index in [9.17, 15) is 9.59 Å². The Kier molecular flexibility index (Phi) is 9.61. The van der Waals surface area contributed by atoms with E-state index in [1.54, 1.807) is 20.8 Å². The molecule has 124 valence electrons. The molecule has 0 amide bonds. The molecule has 0 bridgehead atoms. The van der Waals surface area contributed by atoms with Gasteiger partial charge in [0, 0.05) is 20.6 Å². The molecule has 0 aliphatic rings. The quantitative estimate of drug-likeness (QED) is 0.312. The van der Waals surface area contributed by atoms with Gasteiger partial charge in [0.2, 0.25) is 6.29 Å². The number of ketones is 2. The minimum absolute atomic E-state index is 0.247. The molecule has 0 aromatic carbocycles. The molecule has 2 unspecified atom stereocenters. The molecule has 0 N–H and O–H groups in total. The highest BCUT2D eigenvalue weighted by molar-refractivity contribution is 6.09. The molecule has 0 rings (SSSR count). The van der Waals surface area contributed by atoms with E-state index in [1.165, 1.54) is 14.0 Å². The van der Waals surface area contributed by atoms with Crippen molar-refractivity contribution in [3.05, 3.63) is 0 Å². The molecule has 0 heterocycles. The summed E-state index contributed by atoms with van der Waals surface area (Å²) in [6.07, 6.45) is 0.0388. The third-order valence-corrected chi connectivity index (χ3v) is 2.74. The first-order valence-corrected chi connectivity index (χ1v) is 7.37. The van der Waals surface area contributed by atoms with Crippen molar-refractivity contribution in [1.29, 1.82) is 0 Å². The first kappa shape index (κ1) is 20.2. The second-order valence-corrected chi connectivity index (χ2v) is 4.93. The maximum absolute atomic E-state index is 12.6. The van der Waals surface area contributed by atoms with Gasteiger partial charge in [-0.2, -0.15) is 0 Å². The lowest BCUT2D eigenvalue weighted by molar-refractivity contribution is -0.249. The van der Waals surface area contributed by atoms with Gasteiger partial charge in [0.15, 0.2) is 5.78 Å². The van der Waals surface area contributed by atoms with Crippen LogP contribution in [0.15, 0.2) is 0 Å². The van der Waals surface area contributed by atoms with Gasteiger partial charge in [0.25, 0.3) is 11.6 Å². The summed E-state index contributed by atoms with van der Waals surface area (Å²) >= 11 is 0. The molecule has 0 spiro atoms. The number of carbonyl (C=O) groups is 2. The van der Waals surface area contributed by atoms with Crippen LogP contribution in [0, 0.1) is 0 Å². The highest BCUT2D eigenvalue weighted by atomic mass is 16.7. The lowest BCUT2D eigenvalue weighted by atomic mass is 10.1. The van der Waals surface area contributed by atoms with E-state index in [2.05, 4.69) is 0 Å². The Labute approximate surface area is 127 Å². The van der Waals surface area contributed by atoms with Crippen LogP contribution >= 0.6 is 0 Å². The molecule has 0 aromatic heterocycles. The van der Waals surface area contributed by atoms with Crippen molar-refractivity contribution in [1.82, 2.24) is 0 Å². The van der Waals surface area contributed by atoms with E-state index >= 15 is 0 Å². The van der Waals surface area contributed by atoms with Crippen LogP contribution in [0.3, 0.4) is 0 Å². The normalized spacial score (nSPS) is 15.8. The van der Waals surface area contributed by atoms with Gasteiger partial charge in [-0.05, 0) is 27.2 Å². The SMILES string of the molecule is CCCCOC(OC(C)C)(C(C)=O)C(=O)C(OC)OCC. The molecular formula is C15H28O6. The second-order valence-electron chi connectivity index (χ2n) is 4.93. The zero-order valence-electron chi connectivity index (χ0n) is 13.9. The topological polar surface area (TPSA) is 71.1 Å². The summed E-state index contributed by atoms with van der Waals surface area (Å²) in [5.41, 5.74) is 0. The molecule has 0 aliphatic carbocycles. The molecule has 0 aromatic rings. The monoisotopic (exact) mass is 304 g/mol. The predicted octanol–water partition coefficient (Wildman–Crippen LogP) is 2.09. The first-order chi connectivity index (χ1) is 9.85. The van der Waals surface area contributed by atoms with Crippen LogP contribution in [0.4, 0.5) is 0 Å². The molecule has 0 aliphatic heterocycles. The number of ether oxygens (including phenoxy) is 4. The van der Waals surface area contributed by atoms with E-state index in [-0.39, 0.29) is 19.3 Å². The summed E-state index contributed by atoms with van der Waals surface area (Å²) in [5.74, 6) is -3.15. The summed E-state index contributed by atoms with van der Waals surface area (Å²) in [4.78, 5) is 24.7. The van der Waals surface area contributed by atoms with Gasteiger partial charge >= 0.3 is 0 Å². The number of rotatable bonds is 12. The van der Waals surface area contributed by atoms with E-state index in [0.717, 1.165) is 12.8 Å². The van der Waals surface area contributed by atoms with Crippen LogP contribution in [0.5, 0.6) is 0 Å². The fourth-order valence-corrected chi connectivity index (χ4v) is 1.77. The van der Waals surface area contributed by atoms with Gasteiger partial charge in [0.05, 0.1) is 12.7 Å². The van der Waals surface area contributed by atoms with Crippen molar-refractivity contribution in [3.63, 3.8) is 0 Å². The largest absolute Gasteiger partial charge is 0.349 e. The smallest absolute Gasteiger partial charge is 0.295 e. The average molecular weight is 304 g/mol. The minimum atomic E-state index is -1.97. The van der Waals surface area contributed by atoms with Crippen molar-refractivity contribution < 1.29 is 28.5 Å². The van der Waals surface area contributed by atoms with Crippen LogP contribution in [-0.2, 0) is 28.5 Å².